The van der Waals surface area contributed by atoms with Gasteiger partial charge in [0, 0.05) is 17.1 Å². The SMILES string of the molecule is CN(C)CCn1ncc(Br)c1C(=O)c1cc(Cl)ccc1Cl. The van der Waals surface area contributed by atoms with Crippen molar-refractivity contribution in [3.05, 3.63) is 50.2 Å². The number of likely N-dealkylation sites (N-methyl/N-ethyl adjacent to an activating group) is 1. The van der Waals surface area contributed by atoms with Crippen LogP contribution in [0.4, 0.5) is 0 Å². The molecular formula is C14H14BrCl2N3O. The summed E-state index contributed by atoms with van der Waals surface area (Å²) in [6, 6.07) is 4.84. The van der Waals surface area contributed by atoms with E-state index in [2.05, 4.69) is 21.0 Å². The van der Waals surface area contributed by atoms with E-state index < -0.39 is 0 Å². The van der Waals surface area contributed by atoms with Crippen LogP contribution in [-0.2, 0) is 6.54 Å². The van der Waals surface area contributed by atoms with Crippen molar-refractivity contribution in [2.45, 2.75) is 6.54 Å². The molecule has 0 bridgehead atoms. The van der Waals surface area contributed by atoms with E-state index >= 15 is 0 Å². The number of carbonyl (C=O) groups is 1. The van der Waals surface area contributed by atoms with Gasteiger partial charge in [0.05, 0.1) is 22.2 Å². The molecule has 0 aliphatic rings. The molecule has 1 aromatic carbocycles. The Kier molecular flexibility index (Phi) is 5.43. The first-order chi connectivity index (χ1) is 9.90. The highest BCUT2D eigenvalue weighted by Gasteiger charge is 2.21. The number of ketones is 1. The van der Waals surface area contributed by atoms with Crippen molar-refractivity contribution in [1.29, 1.82) is 0 Å². The maximum absolute atomic E-state index is 12.7. The van der Waals surface area contributed by atoms with Crippen LogP contribution in [0.25, 0.3) is 0 Å². The standard InChI is InChI=1S/C14H14BrCl2N3O/c1-19(2)5-6-20-13(11(15)8-18-20)14(21)10-7-9(16)3-4-12(10)17/h3-4,7-8H,5-6H2,1-2H3. The lowest BCUT2D eigenvalue weighted by atomic mass is 10.1. The van der Waals surface area contributed by atoms with Crippen LogP contribution in [0.5, 0.6) is 0 Å². The van der Waals surface area contributed by atoms with Gasteiger partial charge in [-0.05, 0) is 48.2 Å². The summed E-state index contributed by atoms with van der Waals surface area (Å²) in [5, 5.41) is 5.08. The van der Waals surface area contributed by atoms with E-state index in [4.69, 9.17) is 23.2 Å². The number of halogens is 3. The molecular weight excluding hydrogens is 377 g/mol. The van der Waals surface area contributed by atoms with Crippen LogP contribution in [0.2, 0.25) is 10.0 Å². The summed E-state index contributed by atoms with van der Waals surface area (Å²) in [7, 11) is 3.93. The molecule has 0 N–H and O–H groups in total. The molecule has 0 saturated carbocycles. The molecule has 0 unspecified atom stereocenters. The van der Waals surface area contributed by atoms with E-state index in [0.717, 1.165) is 6.54 Å². The number of nitrogens with zero attached hydrogens (tertiary/aromatic N) is 3. The molecule has 0 atom stereocenters. The molecule has 1 aromatic heterocycles. The van der Waals surface area contributed by atoms with Crippen LogP contribution in [0.3, 0.4) is 0 Å². The van der Waals surface area contributed by atoms with Gasteiger partial charge < -0.3 is 4.90 Å². The van der Waals surface area contributed by atoms with Gasteiger partial charge in [0.15, 0.2) is 0 Å². The fourth-order valence-electron chi connectivity index (χ4n) is 1.85. The van der Waals surface area contributed by atoms with Crippen LogP contribution < -0.4 is 0 Å². The Hall–Kier alpha value is -0.880. The van der Waals surface area contributed by atoms with Crippen molar-refractivity contribution in [2.75, 3.05) is 20.6 Å². The molecule has 1 heterocycles. The first-order valence-electron chi connectivity index (χ1n) is 6.26. The van der Waals surface area contributed by atoms with Crippen LogP contribution in [0.15, 0.2) is 28.9 Å². The molecule has 0 radical (unpaired) electrons. The molecule has 2 aromatic rings. The lowest BCUT2D eigenvalue weighted by Crippen LogP contribution is -2.22. The predicted molar refractivity (Wildman–Crippen MR) is 88.4 cm³/mol. The Morgan fingerprint density at radius 1 is 1.38 bits per heavy atom. The topological polar surface area (TPSA) is 38.1 Å². The van der Waals surface area contributed by atoms with Crippen LogP contribution in [-0.4, -0.2) is 41.1 Å². The lowest BCUT2D eigenvalue weighted by molar-refractivity contribution is 0.102. The van der Waals surface area contributed by atoms with Gasteiger partial charge in [0.2, 0.25) is 5.78 Å². The predicted octanol–water partition coefficient (Wildman–Crippen LogP) is 3.75. The van der Waals surface area contributed by atoms with E-state index in [0.29, 0.717) is 32.3 Å². The Bertz CT molecular complexity index is 670. The lowest BCUT2D eigenvalue weighted by Gasteiger charge is -2.12. The zero-order chi connectivity index (χ0) is 15.6. The second-order valence-corrected chi connectivity index (χ2v) is 6.52. The maximum Gasteiger partial charge on any atom is 0.213 e. The van der Waals surface area contributed by atoms with Gasteiger partial charge in [0.25, 0.3) is 0 Å². The average molecular weight is 391 g/mol. The van der Waals surface area contributed by atoms with Crippen LogP contribution >= 0.6 is 39.1 Å². The fourth-order valence-corrected chi connectivity index (χ4v) is 2.70. The Morgan fingerprint density at radius 3 is 2.76 bits per heavy atom. The van der Waals surface area contributed by atoms with Gasteiger partial charge in [-0.15, -0.1) is 0 Å². The van der Waals surface area contributed by atoms with Gasteiger partial charge in [0.1, 0.15) is 5.69 Å². The molecule has 0 amide bonds. The van der Waals surface area contributed by atoms with Crippen molar-refractivity contribution in [3.63, 3.8) is 0 Å². The summed E-state index contributed by atoms with van der Waals surface area (Å²) in [5.41, 5.74) is 0.845. The van der Waals surface area contributed by atoms with E-state index in [1.807, 2.05) is 19.0 Å². The third-order valence-corrected chi connectivity index (χ3v) is 4.09. The van der Waals surface area contributed by atoms with Crippen molar-refractivity contribution >= 4 is 44.9 Å². The molecule has 0 spiro atoms. The second kappa shape index (κ2) is 6.92. The quantitative estimate of drug-likeness (QED) is 0.729. The summed E-state index contributed by atoms with van der Waals surface area (Å²) in [6.45, 7) is 1.38. The molecule has 0 saturated heterocycles. The number of rotatable bonds is 5. The maximum atomic E-state index is 12.7. The zero-order valence-electron chi connectivity index (χ0n) is 11.6. The van der Waals surface area contributed by atoms with Crippen LogP contribution in [0.1, 0.15) is 16.1 Å². The third-order valence-electron chi connectivity index (χ3n) is 2.94. The minimum absolute atomic E-state index is 0.203. The smallest absolute Gasteiger partial charge is 0.213 e. The highest BCUT2D eigenvalue weighted by atomic mass is 79.9. The average Bonchev–Trinajstić information content (AvgIpc) is 2.79. The molecule has 0 aliphatic carbocycles. The molecule has 7 heteroatoms. The summed E-state index contributed by atoms with van der Waals surface area (Å²) in [5.74, 6) is -0.203. The second-order valence-electron chi connectivity index (χ2n) is 4.82. The summed E-state index contributed by atoms with van der Waals surface area (Å²) in [4.78, 5) is 14.7. The van der Waals surface area contributed by atoms with E-state index in [9.17, 15) is 4.79 Å². The Labute approximate surface area is 141 Å². The van der Waals surface area contributed by atoms with Gasteiger partial charge in [-0.3, -0.25) is 9.48 Å². The van der Waals surface area contributed by atoms with E-state index in [1.165, 1.54) is 0 Å². The molecule has 4 nitrogen and oxygen atoms in total. The third kappa shape index (κ3) is 3.86. The number of benzene rings is 1. The molecule has 112 valence electrons. The number of aromatic nitrogens is 2. The monoisotopic (exact) mass is 389 g/mol. The molecule has 0 fully saturated rings. The normalized spacial score (nSPS) is 11.1. The Morgan fingerprint density at radius 2 is 2.10 bits per heavy atom. The number of hydrogen-bond acceptors (Lipinski definition) is 3. The van der Waals surface area contributed by atoms with Gasteiger partial charge >= 0.3 is 0 Å². The van der Waals surface area contributed by atoms with Gasteiger partial charge in [-0.1, -0.05) is 23.2 Å². The summed E-state index contributed by atoms with van der Waals surface area (Å²) < 4.78 is 2.31. The van der Waals surface area contributed by atoms with Crippen molar-refractivity contribution in [3.8, 4) is 0 Å². The van der Waals surface area contributed by atoms with Gasteiger partial charge in [-0.25, -0.2) is 0 Å². The molecule has 21 heavy (non-hydrogen) atoms. The minimum atomic E-state index is -0.203. The fraction of sp³-hybridized carbons (Fsp3) is 0.286. The summed E-state index contributed by atoms with van der Waals surface area (Å²) in [6.07, 6.45) is 1.61. The summed E-state index contributed by atoms with van der Waals surface area (Å²) >= 11 is 15.4. The van der Waals surface area contributed by atoms with Crippen molar-refractivity contribution in [1.82, 2.24) is 14.7 Å². The highest BCUT2D eigenvalue weighted by Crippen LogP contribution is 2.26. The minimum Gasteiger partial charge on any atom is -0.308 e. The Balaban J connectivity index is 2.39. The molecule has 0 aliphatic heterocycles. The first-order valence-corrected chi connectivity index (χ1v) is 7.81. The van der Waals surface area contributed by atoms with E-state index in [-0.39, 0.29) is 5.78 Å². The molecule has 2 rings (SSSR count). The van der Waals surface area contributed by atoms with Crippen LogP contribution in [0, 0.1) is 0 Å². The van der Waals surface area contributed by atoms with Gasteiger partial charge in [-0.2, -0.15) is 5.10 Å². The number of hydrogen-bond donors (Lipinski definition) is 0. The zero-order valence-corrected chi connectivity index (χ0v) is 14.7. The van der Waals surface area contributed by atoms with Crippen molar-refractivity contribution < 1.29 is 4.79 Å². The largest absolute Gasteiger partial charge is 0.308 e. The highest BCUT2D eigenvalue weighted by molar-refractivity contribution is 9.10. The van der Waals surface area contributed by atoms with Crippen molar-refractivity contribution in [2.24, 2.45) is 0 Å². The first kappa shape index (κ1) is 16.5. The van der Waals surface area contributed by atoms with E-state index in [1.54, 1.807) is 29.1 Å². The number of carbonyl (C=O) groups excluding carboxylic acids is 1.